The molecule has 1 aromatic carbocycles. The Hall–Kier alpha value is -2.57. The number of hydrogen-bond acceptors (Lipinski definition) is 3. The number of nitrogens with one attached hydrogen (secondary N) is 2. The van der Waals surface area contributed by atoms with Crippen LogP contribution < -0.4 is 16.4 Å². The zero-order valence-corrected chi connectivity index (χ0v) is 10.1. The quantitative estimate of drug-likeness (QED) is 0.577. The number of carbonyl (C=O) groups excluding carboxylic acids is 2. The van der Waals surface area contributed by atoms with Gasteiger partial charge in [0.1, 0.15) is 0 Å². The number of nitrogens with two attached hydrogens (primary N) is 1. The predicted octanol–water partition coefficient (Wildman–Crippen LogP) is -0.0131. The molecule has 1 atom stereocenters. The van der Waals surface area contributed by atoms with E-state index in [0.29, 0.717) is 5.56 Å². The average molecular weight is 265 g/mol. The molecule has 0 aliphatic rings. The molecule has 7 heteroatoms. The van der Waals surface area contributed by atoms with Gasteiger partial charge in [0, 0.05) is 13.0 Å². The Bertz CT molecular complexity index is 461. The molecule has 102 valence electrons. The smallest absolute Gasteiger partial charge is 0.330 e. The van der Waals surface area contributed by atoms with Crippen LogP contribution in [0, 0.1) is 0 Å². The molecule has 0 spiro atoms. The van der Waals surface area contributed by atoms with Gasteiger partial charge < -0.3 is 21.5 Å². The molecule has 1 aromatic rings. The summed E-state index contributed by atoms with van der Waals surface area (Å²) >= 11 is 0. The number of benzene rings is 1. The Labute approximate surface area is 109 Å². The highest BCUT2D eigenvalue weighted by atomic mass is 16.4. The van der Waals surface area contributed by atoms with Crippen LogP contribution in [-0.4, -0.2) is 29.6 Å². The van der Waals surface area contributed by atoms with Crippen molar-refractivity contribution in [2.24, 2.45) is 5.73 Å². The standard InChI is InChI=1S/C12H15N3O4/c13-9(16)6-7-14-12(19)15-10(11(17)18)8-4-2-1-3-5-8/h1-5,10H,6-7H2,(H2,13,16)(H,17,18)(H2,14,15,19)/t10-/m1/s1. The second kappa shape index (κ2) is 7.00. The number of carbonyl (C=O) groups is 3. The topological polar surface area (TPSA) is 122 Å². The molecular formula is C12H15N3O4. The van der Waals surface area contributed by atoms with Crippen molar-refractivity contribution in [3.63, 3.8) is 0 Å². The minimum atomic E-state index is -1.17. The Kier molecular flexibility index (Phi) is 5.34. The monoisotopic (exact) mass is 265 g/mol. The van der Waals surface area contributed by atoms with Gasteiger partial charge in [0.25, 0.3) is 0 Å². The Balaban J connectivity index is 2.57. The van der Waals surface area contributed by atoms with Gasteiger partial charge in [-0.15, -0.1) is 0 Å². The van der Waals surface area contributed by atoms with E-state index in [1.165, 1.54) is 0 Å². The molecule has 0 aromatic heterocycles. The summed E-state index contributed by atoms with van der Waals surface area (Å²) in [5, 5.41) is 13.7. The first-order valence-corrected chi connectivity index (χ1v) is 5.61. The molecule has 0 radical (unpaired) electrons. The zero-order valence-electron chi connectivity index (χ0n) is 10.1. The maximum atomic E-state index is 11.5. The third kappa shape index (κ3) is 5.07. The van der Waals surface area contributed by atoms with Crippen LogP contribution in [0.25, 0.3) is 0 Å². The van der Waals surface area contributed by atoms with Crippen LogP contribution in [0.15, 0.2) is 30.3 Å². The summed E-state index contributed by atoms with van der Waals surface area (Å²) in [5.41, 5.74) is 5.37. The van der Waals surface area contributed by atoms with Crippen molar-refractivity contribution >= 4 is 17.9 Å². The number of amides is 3. The largest absolute Gasteiger partial charge is 0.479 e. The summed E-state index contributed by atoms with van der Waals surface area (Å²) in [6.45, 7) is 0.0578. The van der Waals surface area contributed by atoms with Crippen molar-refractivity contribution in [3.05, 3.63) is 35.9 Å². The molecular weight excluding hydrogens is 250 g/mol. The molecule has 3 amide bonds. The van der Waals surface area contributed by atoms with Crippen molar-refractivity contribution in [1.29, 1.82) is 0 Å². The van der Waals surface area contributed by atoms with Gasteiger partial charge in [-0.25, -0.2) is 9.59 Å². The zero-order chi connectivity index (χ0) is 14.3. The maximum Gasteiger partial charge on any atom is 0.330 e. The van der Waals surface area contributed by atoms with Gasteiger partial charge in [-0.1, -0.05) is 30.3 Å². The van der Waals surface area contributed by atoms with Crippen molar-refractivity contribution in [3.8, 4) is 0 Å². The van der Waals surface area contributed by atoms with Gasteiger partial charge in [0.05, 0.1) is 0 Å². The number of rotatable bonds is 6. The first-order valence-electron chi connectivity index (χ1n) is 5.61. The average Bonchev–Trinajstić information content (AvgIpc) is 2.36. The number of carboxylic acid groups (broad SMARTS) is 1. The van der Waals surface area contributed by atoms with E-state index in [2.05, 4.69) is 10.6 Å². The molecule has 0 saturated heterocycles. The van der Waals surface area contributed by atoms with Crippen LogP contribution in [0.3, 0.4) is 0 Å². The van der Waals surface area contributed by atoms with Crippen molar-refractivity contribution in [2.45, 2.75) is 12.5 Å². The number of urea groups is 1. The van der Waals surface area contributed by atoms with Gasteiger partial charge in [-0.3, -0.25) is 4.79 Å². The molecule has 5 N–H and O–H groups in total. The van der Waals surface area contributed by atoms with E-state index in [9.17, 15) is 14.4 Å². The van der Waals surface area contributed by atoms with Crippen LogP contribution >= 0.6 is 0 Å². The van der Waals surface area contributed by atoms with E-state index in [0.717, 1.165) is 0 Å². The van der Waals surface area contributed by atoms with Crippen LogP contribution in [0.1, 0.15) is 18.0 Å². The molecule has 0 saturated carbocycles. The molecule has 0 aliphatic heterocycles. The number of hydrogen-bond donors (Lipinski definition) is 4. The molecule has 0 bridgehead atoms. The summed E-state index contributed by atoms with van der Waals surface area (Å²) in [4.78, 5) is 33.1. The van der Waals surface area contributed by atoms with Gasteiger partial charge in [0.2, 0.25) is 5.91 Å². The van der Waals surface area contributed by atoms with Gasteiger partial charge in [0.15, 0.2) is 6.04 Å². The van der Waals surface area contributed by atoms with Crippen LogP contribution in [0.2, 0.25) is 0 Å². The lowest BCUT2D eigenvalue weighted by Crippen LogP contribution is -2.41. The fourth-order valence-electron chi connectivity index (χ4n) is 1.41. The van der Waals surface area contributed by atoms with E-state index in [-0.39, 0.29) is 13.0 Å². The first kappa shape index (κ1) is 14.5. The highest BCUT2D eigenvalue weighted by molar-refractivity contribution is 5.84. The summed E-state index contributed by atoms with van der Waals surface area (Å²) in [6.07, 6.45) is -0.00348. The summed E-state index contributed by atoms with van der Waals surface area (Å²) in [7, 11) is 0. The Morgan fingerprint density at radius 1 is 1.21 bits per heavy atom. The second-order valence-electron chi connectivity index (χ2n) is 3.80. The van der Waals surface area contributed by atoms with E-state index in [1.54, 1.807) is 30.3 Å². The van der Waals surface area contributed by atoms with E-state index >= 15 is 0 Å². The molecule has 0 heterocycles. The lowest BCUT2D eigenvalue weighted by Gasteiger charge is -2.15. The molecule has 0 aliphatic carbocycles. The molecule has 7 nitrogen and oxygen atoms in total. The lowest BCUT2D eigenvalue weighted by atomic mass is 10.1. The third-order valence-corrected chi connectivity index (χ3v) is 2.31. The van der Waals surface area contributed by atoms with E-state index in [1.807, 2.05) is 0 Å². The van der Waals surface area contributed by atoms with E-state index in [4.69, 9.17) is 10.8 Å². The van der Waals surface area contributed by atoms with Gasteiger partial charge in [-0.05, 0) is 5.56 Å². The summed E-state index contributed by atoms with van der Waals surface area (Å²) in [5.74, 6) is -1.71. The maximum absolute atomic E-state index is 11.5. The van der Waals surface area contributed by atoms with E-state index < -0.39 is 23.9 Å². The van der Waals surface area contributed by atoms with Crippen LogP contribution in [0.5, 0.6) is 0 Å². The molecule has 0 unspecified atom stereocenters. The second-order valence-corrected chi connectivity index (χ2v) is 3.80. The molecule has 0 fully saturated rings. The third-order valence-electron chi connectivity index (χ3n) is 2.31. The summed E-state index contributed by atoms with van der Waals surface area (Å²) < 4.78 is 0. The highest BCUT2D eigenvalue weighted by Crippen LogP contribution is 2.12. The fourth-order valence-corrected chi connectivity index (χ4v) is 1.41. The fraction of sp³-hybridized carbons (Fsp3) is 0.250. The SMILES string of the molecule is NC(=O)CCNC(=O)N[C@@H](C(=O)O)c1ccccc1. The normalized spacial score (nSPS) is 11.4. The minimum absolute atomic E-state index is 0.00348. The molecule has 19 heavy (non-hydrogen) atoms. The number of aliphatic carboxylic acids is 1. The Morgan fingerprint density at radius 2 is 1.84 bits per heavy atom. The number of carboxylic acids is 1. The van der Waals surface area contributed by atoms with Crippen LogP contribution in [0.4, 0.5) is 4.79 Å². The Morgan fingerprint density at radius 3 is 2.37 bits per heavy atom. The van der Waals surface area contributed by atoms with Crippen molar-refractivity contribution in [1.82, 2.24) is 10.6 Å². The first-order chi connectivity index (χ1) is 9.00. The predicted molar refractivity (Wildman–Crippen MR) is 67.2 cm³/mol. The number of primary amides is 1. The van der Waals surface area contributed by atoms with Crippen molar-refractivity contribution in [2.75, 3.05) is 6.54 Å². The van der Waals surface area contributed by atoms with Gasteiger partial charge in [-0.2, -0.15) is 0 Å². The van der Waals surface area contributed by atoms with Crippen molar-refractivity contribution < 1.29 is 19.5 Å². The molecule has 1 rings (SSSR count). The minimum Gasteiger partial charge on any atom is -0.479 e. The van der Waals surface area contributed by atoms with Gasteiger partial charge >= 0.3 is 12.0 Å². The summed E-state index contributed by atoms with van der Waals surface area (Å²) in [6, 6.07) is 6.49. The lowest BCUT2D eigenvalue weighted by molar-refractivity contribution is -0.139. The van der Waals surface area contributed by atoms with Crippen LogP contribution in [-0.2, 0) is 9.59 Å². The highest BCUT2D eigenvalue weighted by Gasteiger charge is 2.21.